The molecule has 0 saturated carbocycles. The molecule has 0 aliphatic rings. The van der Waals surface area contributed by atoms with E-state index in [1.165, 1.54) is 17.5 Å². The summed E-state index contributed by atoms with van der Waals surface area (Å²) in [7, 11) is 1.86. The molecule has 0 unspecified atom stereocenters. The fourth-order valence-electron chi connectivity index (χ4n) is 2.43. The van der Waals surface area contributed by atoms with Crippen molar-refractivity contribution in [2.45, 2.75) is 33.7 Å². The first-order valence-corrected chi connectivity index (χ1v) is 8.66. The molecule has 7 nitrogen and oxygen atoms in total. The standard InChI is InChI=1S/C18H28N6O/c1-5-19-18(21-12-16-22-13-23-24(16)4)20-10-7-11-25-17-14(2)8-6-9-15(17)3/h6,8-9,13H,5,7,10-12H2,1-4H3,(H2,19,20,21). The van der Waals surface area contributed by atoms with Crippen LogP contribution in [0.15, 0.2) is 29.5 Å². The van der Waals surface area contributed by atoms with Crippen LogP contribution in [-0.4, -0.2) is 40.4 Å². The molecule has 136 valence electrons. The van der Waals surface area contributed by atoms with Crippen LogP contribution in [0.1, 0.15) is 30.3 Å². The van der Waals surface area contributed by atoms with Crippen LogP contribution in [0.25, 0.3) is 0 Å². The average Bonchev–Trinajstić information content (AvgIpc) is 2.99. The number of aliphatic imine (C=N–C) groups is 1. The topological polar surface area (TPSA) is 76.4 Å². The van der Waals surface area contributed by atoms with Gasteiger partial charge in [0.15, 0.2) is 5.96 Å². The van der Waals surface area contributed by atoms with Crippen LogP contribution in [0.2, 0.25) is 0 Å². The summed E-state index contributed by atoms with van der Waals surface area (Å²) in [5.41, 5.74) is 2.35. The van der Waals surface area contributed by atoms with Crippen molar-refractivity contribution in [1.82, 2.24) is 25.4 Å². The van der Waals surface area contributed by atoms with E-state index in [0.29, 0.717) is 13.2 Å². The van der Waals surface area contributed by atoms with Crippen molar-refractivity contribution < 1.29 is 4.74 Å². The summed E-state index contributed by atoms with van der Waals surface area (Å²) >= 11 is 0. The highest BCUT2D eigenvalue weighted by Gasteiger charge is 2.04. The van der Waals surface area contributed by atoms with E-state index in [0.717, 1.165) is 37.0 Å². The van der Waals surface area contributed by atoms with Gasteiger partial charge in [-0.2, -0.15) is 5.10 Å². The summed E-state index contributed by atoms with van der Waals surface area (Å²) in [6, 6.07) is 6.20. The Morgan fingerprint density at radius 1 is 1.24 bits per heavy atom. The third kappa shape index (κ3) is 5.77. The number of nitrogens with one attached hydrogen (secondary N) is 2. The second-order valence-corrected chi connectivity index (χ2v) is 5.84. The van der Waals surface area contributed by atoms with Gasteiger partial charge in [-0.1, -0.05) is 18.2 Å². The zero-order valence-corrected chi connectivity index (χ0v) is 15.5. The van der Waals surface area contributed by atoms with Gasteiger partial charge in [-0.25, -0.2) is 9.98 Å². The molecule has 0 saturated heterocycles. The predicted octanol–water partition coefficient (Wildman–Crippen LogP) is 1.96. The van der Waals surface area contributed by atoms with Gasteiger partial charge in [0.2, 0.25) is 0 Å². The lowest BCUT2D eigenvalue weighted by Gasteiger charge is -2.13. The van der Waals surface area contributed by atoms with E-state index in [-0.39, 0.29) is 0 Å². The number of guanidine groups is 1. The van der Waals surface area contributed by atoms with Gasteiger partial charge in [0.05, 0.1) is 6.61 Å². The molecule has 0 atom stereocenters. The van der Waals surface area contributed by atoms with E-state index >= 15 is 0 Å². The van der Waals surface area contributed by atoms with Crippen molar-refractivity contribution >= 4 is 5.96 Å². The van der Waals surface area contributed by atoms with Gasteiger partial charge in [0.25, 0.3) is 0 Å². The Morgan fingerprint density at radius 2 is 2.00 bits per heavy atom. The normalized spacial score (nSPS) is 11.4. The number of hydrogen-bond donors (Lipinski definition) is 2. The Kier molecular flexibility index (Phi) is 7.25. The molecule has 0 spiro atoms. The number of aromatic nitrogens is 3. The summed E-state index contributed by atoms with van der Waals surface area (Å²) in [6.45, 7) is 8.95. The number of rotatable bonds is 8. The molecule has 0 aliphatic heterocycles. The van der Waals surface area contributed by atoms with Gasteiger partial charge in [-0.05, 0) is 38.3 Å². The highest BCUT2D eigenvalue weighted by Crippen LogP contribution is 2.22. The Bertz CT molecular complexity index is 674. The van der Waals surface area contributed by atoms with Crippen molar-refractivity contribution in [3.63, 3.8) is 0 Å². The second kappa shape index (κ2) is 9.66. The summed E-state index contributed by atoms with van der Waals surface area (Å²) < 4.78 is 7.65. The Balaban J connectivity index is 1.76. The average molecular weight is 344 g/mol. The maximum absolute atomic E-state index is 5.92. The molecule has 0 aliphatic carbocycles. The lowest BCUT2D eigenvalue weighted by atomic mass is 10.1. The smallest absolute Gasteiger partial charge is 0.191 e. The Hall–Kier alpha value is -2.57. The van der Waals surface area contributed by atoms with Gasteiger partial charge >= 0.3 is 0 Å². The minimum absolute atomic E-state index is 0.491. The van der Waals surface area contributed by atoms with Crippen molar-refractivity contribution in [1.29, 1.82) is 0 Å². The SMILES string of the molecule is CCNC(=NCc1ncnn1C)NCCCOc1c(C)cccc1C. The monoisotopic (exact) mass is 344 g/mol. The summed E-state index contributed by atoms with van der Waals surface area (Å²) in [5, 5.41) is 10.6. The van der Waals surface area contributed by atoms with Crippen LogP contribution >= 0.6 is 0 Å². The van der Waals surface area contributed by atoms with E-state index < -0.39 is 0 Å². The molecule has 2 aromatic rings. The molecule has 2 rings (SSSR count). The minimum Gasteiger partial charge on any atom is -0.493 e. The number of ether oxygens (including phenoxy) is 1. The summed E-state index contributed by atoms with van der Waals surface area (Å²) in [5.74, 6) is 2.60. The van der Waals surface area contributed by atoms with Gasteiger partial charge in [-0.3, -0.25) is 4.68 Å². The maximum atomic E-state index is 5.92. The van der Waals surface area contributed by atoms with E-state index in [9.17, 15) is 0 Å². The molecule has 7 heteroatoms. The van der Waals surface area contributed by atoms with Crippen LogP contribution < -0.4 is 15.4 Å². The third-order valence-corrected chi connectivity index (χ3v) is 3.80. The zero-order valence-electron chi connectivity index (χ0n) is 15.5. The molecule has 25 heavy (non-hydrogen) atoms. The zero-order chi connectivity index (χ0) is 18.1. The van der Waals surface area contributed by atoms with Crippen molar-refractivity contribution in [2.75, 3.05) is 19.7 Å². The van der Waals surface area contributed by atoms with Crippen molar-refractivity contribution in [2.24, 2.45) is 12.0 Å². The van der Waals surface area contributed by atoms with E-state index in [1.54, 1.807) is 4.68 Å². The van der Waals surface area contributed by atoms with Crippen LogP contribution in [0.5, 0.6) is 5.75 Å². The number of aryl methyl sites for hydroxylation is 3. The molecule has 2 N–H and O–H groups in total. The van der Waals surface area contributed by atoms with Gasteiger partial charge in [0, 0.05) is 20.1 Å². The van der Waals surface area contributed by atoms with E-state index in [2.05, 4.69) is 57.8 Å². The largest absolute Gasteiger partial charge is 0.493 e. The van der Waals surface area contributed by atoms with Crippen molar-refractivity contribution in [3.05, 3.63) is 41.5 Å². The van der Waals surface area contributed by atoms with E-state index in [4.69, 9.17) is 4.74 Å². The highest BCUT2D eigenvalue weighted by atomic mass is 16.5. The Labute approximate surface area is 149 Å². The highest BCUT2D eigenvalue weighted by molar-refractivity contribution is 5.79. The summed E-state index contributed by atoms with van der Waals surface area (Å²) in [6.07, 6.45) is 2.43. The molecule has 0 bridgehead atoms. The van der Waals surface area contributed by atoms with Crippen molar-refractivity contribution in [3.8, 4) is 5.75 Å². The molecule has 0 fully saturated rings. The number of hydrogen-bond acceptors (Lipinski definition) is 4. The fraction of sp³-hybridized carbons (Fsp3) is 0.500. The lowest BCUT2D eigenvalue weighted by Crippen LogP contribution is -2.38. The van der Waals surface area contributed by atoms with Crippen LogP contribution in [0.4, 0.5) is 0 Å². The molecule has 0 radical (unpaired) electrons. The number of nitrogens with zero attached hydrogens (tertiary/aromatic N) is 4. The van der Waals surface area contributed by atoms with Gasteiger partial charge in [-0.15, -0.1) is 0 Å². The molecule has 1 heterocycles. The second-order valence-electron chi connectivity index (χ2n) is 5.84. The molecule has 1 aromatic heterocycles. The van der Waals surface area contributed by atoms with Gasteiger partial charge in [0.1, 0.15) is 24.4 Å². The molecule has 0 amide bonds. The fourth-order valence-corrected chi connectivity index (χ4v) is 2.43. The number of para-hydroxylation sites is 1. The molecular formula is C18H28N6O. The van der Waals surface area contributed by atoms with Crippen LogP contribution in [-0.2, 0) is 13.6 Å². The predicted molar refractivity (Wildman–Crippen MR) is 99.8 cm³/mol. The Morgan fingerprint density at radius 3 is 2.64 bits per heavy atom. The van der Waals surface area contributed by atoms with E-state index in [1.807, 2.05) is 14.0 Å². The minimum atomic E-state index is 0.491. The number of benzene rings is 1. The first kappa shape index (κ1) is 18.8. The van der Waals surface area contributed by atoms with Crippen LogP contribution in [0.3, 0.4) is 0 Å². The first-order valence-electron chi connectivity index (χ1n) is 8.66. The van der Waals surface area contributed by atoms with Crippen LogP contribution in [0, 0.1) is 13.8 Å². The maximum Gasteiger partial charge on any atom is 0.191 e. The third-order valence-electron chi connectivity index (χ3n) is 3.80. The first-order chi connectivity index (χ1) is 12.1. The molecule has 1 aromatic carbocycles. The molecular weight excluding hydrogens is 316 g/mol. The lowest BCUT2D eigenvalue weighted by molar-refractivity contribution is 0.307. The van der Waals surface area contributed by atoms with Gasteiger partial charge < -0.3 is 15.4 Å². The summed E-state index contributed by atoms with van der Waals surface area (Å²) in [4.78, 5) is 8.71. The quantitative estimate of drug-likeness (QED) is 0.435.